The molecule has 0 aliphatic carbocycles. The molecule has 1 aliphatic heterocycles. The molecule has 1 saturated heterocycles. The molecule has 0 spiro atoms. The Morgan fingerprint density at radius 1 is 1.39 bits per heavy atom. The molecular formula is C13H23FN2O2. The minimum Gasteiger partial charge on any atom is -0.342 e. The van der Waals surface area contributed by atoms with Gasteiger partial charge in [-0.25, -0.2) is 0 Å². The SMILES string of the molecule is CCCC1NC(=O)C(C(C)C)N(CCCF)C1=O. The second-order valence-electron chi connectivity index (χ2n) is 5.11. The highest BCUT2D eigenvalue weighted by atomic mass is 19.1. The molecule has 1 fully saturated rings. The topological polar surface area (TPSA) is 49.4 Å². The molecule has 18 heavy (non-hydrogen) atoms. The van der Waals surface area contributed by atoms with Gasteiger partial charge in [0.25, 0.3) is 0 Å². The zero-order valence-corrected chi connectivity index (χ0v) is 11.4. The van der Waals surface area contributed by atoms with Gasteiger partial charge >= 0.3 is 0 Å². The molecule has 0 bridgehead atoms. The van der Waals surface area contributed by atoms with Gasteiger partial charge in [-0.05, 0) is 18.8 Å². The number of amides is 2. The summed E-state index contributed by atoms with van der Waals surface area (Å²) < 4.78 is 12.3. The van der Waals surface area contributed by atoms with Crippen molar-refractivity contribution >= 4 is 11.8 Å². The van der Waals surface area contributed by atoms with Crippen molar-refractivity contribution in [2.75, 3.05) is 13.2 Å². The van der Waals surface area contributed by atoms with Crippen LogP contribution in [0.4, 0.5) is 4.39 Å². The van der Waals surface area contributed by atoms with E-state index < -0.39 is 18.8 Å². The maximum absolute atomic E-state index is 12.3. The second kappa shape index (κ2) is 6.71. The summed E-state index contributed by atoms with van der Waals surface area (Å²) in [6, 6.07) is -0.894. The molecule has 2 atom stereocenters. The number of hydrogen-bond acceptors (Lipinski definition) is 2. The van der Waals surface area contributed by atoms with Gasteiger partial charge in [-0.15, -0.1) is 0 Å². The van der Waals surface area contributed by atoms with Crippen LogP contribution in [0.2, 0.25) is 0 Å². The molecule has 4 nitrogen and oxygen atoms in total. The third kappa shape index (κ3) is 3.21. The van der Waals surface area contributed by atoms with Crippen molar-refractivity contribution in [3.05, 3.63) is 0 Å². The quantitative estimate of drug-likeness (QED) is 0.785. The standard InChI is InChI=1S/C13H23FN2O2/c1-4-6-10-13(18)16(8-5-7-14)11(9(2)3)12(17)15-10/h9-11H,4-8H2,1-3H3,(H,15,17). The molecule has 104 valence electrons. The first-order valence-electron chi connectivity index (χ1n) is 6.69. The Bertz CT molecular complexity index is 307. The van der Waals surface area contributed by atoms with Crippen LogP contribution in [0.5, 0.6) is 0 Å². The van der Waals surface area contributed by atoms with E-state index in [1.807, 2.05) is 20.8 Å². The van der Waals surface area contributed by atoms with Gasteiger partial charge in [0.15, 0.2) is 0 Å². The van der Waals surface area contributed by atoms with Crippen LogP contribution in [0.3, 0.4) is 0 Å². The lowest BCUT2D eigenvalue weighted by Crippen LogP contribution is -2.64. The average molecular weight is 258 g/mol. The van der Waals surface area contributed by atoms with Crippen LogP contribution in [-0.2, 0) is 9.59 Å². The molecule has 1 aliphatic rings. The minimum absolute atomic E-state index is 0.0381. The van der Waals surface area contributed by atoms with E-state index in [-0.39, 0.29) is 17.7 Å². The van der Waals surface area contributed by atoms with Crippen LogP contribution in [0.1, 0.15) is 40.0 Å². The number of halogens is 1. The van der Waals surface area contributed by atoms with Gasteiger partial charge in [-0.3, -0.25) is 14.0 Å². The van der Waals surface area contributed by atoms with Gasteiger partial charge in [0.2, 0.25) is 11.8 Å². The smallest absolute Gasteiger partial charge is 0.245 e. The third-order valence-electron chi connectivity index (χ3n) is 3.24. The van der Waals surface area contributed by atoms with E-state index in [4.69, 9.17) is 0 Å². The van der Waals surface area contributed by atoms with Gasteiger partial charge < -0.3 is 10.2 Å². The van der Waals surface area contributed by atoms with Gasteiger partial charge in [0.1, 0.15) is 12.1 Å². The molecule has 0 saturated carbocycles. The molecule has 1 heterocycles. The van der Waals surface area contributed by atoms with Crippen LogP contribution in [0, 0.1) is 5.92 Å². The van der Waals surface area contributed by atoms with Crippen molar-refractivity contribution < 1.29 is 14.0 Å². The van der Waals surface area contributed by atoms with E-state index in [1.54, 1.807) is 4.90 Å². The molecule has 0 aromatic carbocycles. The number of hydrogen-bond donors (Lipinski definition) is 1. The van der Waals surface area contributed by atoms with Crippen molar-refractivity contribution in [2.24, 2.45) is 5.92 Å². The molecular weight excluding hydrogens is 235 g/mol. The molecule has 2 amide bonds. The van der Waals surface area contributed by atoms with Crippen LogP contribution in [-0.4, -0.2) is 42.0 Å². The Morgan fingerprint density at radius 2 is 2.06 bits per heavy atom. The Labute approximate surface area is 108 Å². The predicted molar refractivity (Wildman–Crippen MR) is 67.8 cm³/mol. The maximum atomic E-state index is 12.3. The van der Waals surface area contributed by atoms with E-state index in [9.17, 15) is 14.0 Å². The fourth-order valence-corrected chi connectivity index (χ4v) is 2.42. The molecule has 1 N–H and O–H groups in total. The molecule has 0 aromatic heterocycles. The Morgan fingerprint density at radius 3 is 2.56 bits per heavy atom. The fraction of sp³-hybridized carbons (Fsp3) is 0.846. The predicted octanol–water partition coefficient (Wildman–Crippen LogP) is 1.50. The third-order valence-corrected chi connectivity index (χ3v) is 3.24. The number of alkyl halides is 1. The summed E-state index contributed by atoms with van der Waals surface area (Å²) in [5.74, 6) is -0.137. The van der Waals surface area contributed by atoms with E-state index in [1.165, 1.54) is 0 Å². The number of piperazine rings is 1. The van der Waals surface area contributed by atoms with E-state index in [2.05, 4.69) is 5.32 Å². The summed E-state index contributed by atoms with van der Waals surface area (Å²) in [6.45, 7) is 5.64. The fourth-order valence-electron chi connectivity index (χ4n) is 2.42. The molecule has 2 unspecified atom stereocenters. The van der Waals surface area contributed by atoms with Crippen molar-refractivity contribution in [1.82, 2.24) is 10.2 Å². The minimum atomic E-state index is -0.464. The summed E-state index contributed by atoms with van der Waals surface area (Å²) in [7, 11) is 0. The number of carbonyl (C=O) groups excluding carboxylic acids is 2. The largest absolute Gasteiger partial charge is 0.342 e. The zero-order chi connectivity index (χ0) is 13.7. The molecule has 0 radical (unpaired) electrons. The van der Waals surface area contributed by atoms with Gasteiger partial charge in [0.05, 0.1) is 6.67 Å². The highest BCUT2D eigenvalue weighted by molar-refractivity contribution is 5.97. The number of nitrogens with zero attached hydrogens (tertiary/aromatic N) is 1. The first kappa shape index (κ1) is 14.9. The maximum Gasteiger partial charge on any atom is 0.245 e. The summed E-state index contributed by atoms with van der Waals surface area (Å²) in [6.07, 6.45) is 1.77. The Balaban J connectivity index is 2.86. The lowest BCUT2D eigenvalue weighted by molar-refractivity contribution is -0.151. The monoisotopic (exact) mass is 258 g/mol. The number of nitrogens with one attached hydrogen (secondary N) is 1. The normalized spacial score (nSPS) is 24.6. The lowest BCUT2D eigenvalue weighted by atomic mass is 9.95. The van der Waals surface area contributed by atoms with Crippen molar-refractivity contribution in [3.8, 4) is 0 Å². The van der Waals surface area contributed by atoms with Gasteiger partial charge in [-0.2, -0.15) is 0 Å². The highest BCUT2D eigenvalue weighted by Gasteiger charge is 2.40. The highest BCUT2D eigenvalue weighted by Crippen LogP contribution is 2.19. The van der Waals surface area contributed by atoms with Crippen molar-refractivity contribution in [2.45, 2.75) is 52.1 Å². The van der Waals surface area contributed by atoms with Crippen molar-refractivity contribution in [1.29, 1.82) is 0 Å². The van der Waals surface area contributed by atoms with Crippen LogP contribution in [0.15, 0.2) is 0 Å². The van der Waals surface area contributed by atoms with Crippen LogP contribution in [0.25, 0.3) is 0 Å². The molecule has 0 aromatic rings. The first-order chi connectivity index (χ1) is 8.52. The molecule has 1 rings (SSSR count). The van der Waals surface area contributed by atoms with E-state index >= 15 is 0 Å². The summed E-state index contributed by atoms with van der Waals surface area (Å²) >= 11 is 0. The summed E-state index contributed by atoms with van der Waals surface area (Å²) in [4.78, 5) is 25.9. The Kier molecular flexibility index (Phi) is 5.56. The first-order valence-corrected chi connectivity index (χ1v) is 6.69. The average Bonchev–Trinajstić information content (AvgIpc) is 2.31. The number of rotatable bonds is 6. The van der Waals surface area contributed by atoms with Gasteiger partial charge in [-0.1, -0.05) is 27.2 Å². The molecule has 5 heteroatoms. The summed E-state index contributed by atoms with van der Waals surface area (Å²) in [5, 5.41) is 2.78. The van der Waals surface area contributed by atoms with Crippen LogP contribution >= 0.6 is 0 Å². The lowest BCUT2D eigenvalue weighted by Gasteiger charge is -2.40. The second-order valence-corrected chi connectivity index (χ2v) is 5.11. The Hall–Kier alpha value is -1.13. The number of carbonyl (C=O) groups is 2. The zero-order valence-electron chi connectivity index (χ0n) is 11.4. The van der Waals surface area contributed by atoms with Crippen molar-refractivity contribution in [3.63, 3.8) is 0 Å². The van der Waals surface area contributed by atoms with E-state index in [0.717, 1.165) is 6.42 Å². The summed E-state index contributed by atoms with van der Waals surface area (Å²) in [5.41, 5.74) is 0. The van der Waals surface area contributed by atoms with Crippen LogP contribution < -0.4 is 5.32 Å². The van der Waals surface area contributed by atoms with Gasteiger partial charge in [0, 0.05) is 6.54 Å². The van der Waals surface area contributed by atoms with E-state index in [0.29, 0.717) is 19.4 Å².